The summed E-state index contributed by atoms with van der Waals surface area (Å²) in [6, 6.07) is 3.93. The molecule has 1 N–H and O–H groups in total. The molecule has 2 aliphatic heterocycles. The minimum atomic E-state index is -2.68. The van der Waals surface area contributed by atoms with Crippen LogP contribution in [0.15, 0.2) is 17.5 Å². The molecule has 0 unspecified atom stereocenters. The van der Waals surface area contributed by atoms with Gasteiger partial charge in [0.2, 0.25) is 17.7 Å². The van der Waals surface area contributed by atoms with Crippen molar-refractivity contribution in [2.45, 2.75) is 44.3 Å². The third-order valence-corrected chi connectivity index (χ3v) is 6.78. The second kappa shape index (κ2) is 7.47. The first-order valence-electron chi connectivity index (χ1n) is 9.49. The van der Waals surface area contributed by atoms with Crippen LogP contribution in [-0.4, -0.2) is 48.4 Å². The number of fused-ring (bicyclic) bond motifs is 1. The molecule has 4 rings (SSSR count). The van der Waals surface area contributed by atoms with Crippen molar-refractivity contribution in [3.63, 3.8) is 0 Å². The Hall–Kier alpha value is -1.54. The molecule has 5 nitrogen and oxygen atoms in total. The zero-order valence-electron chi connectivity index (χ0n) is 15.0. The summed E-state index contributed by atoms with van der Waals surface area (Å²) in [6.07, 6.45) is 0.772. The van der Waals surface area contributed by atoms with Gasteiger partial charge in [-0.15, -0.1) is 11.3 Å². The van der Waals surface area contributed by atoms with Gasteiger partial charge in [-0.05, 0) is 24.3 Å². The molecular weight excluding hydrogens is 374 g/mol. The number of rotatable bonds is 4. The molecule has 1 aliphatic carbocycles. The van der Waals surface area contributed by atoms with Gasteiger partial charge in [-0.1, -0.05) is 6.07 Å². The van der Waals surface area contributed by atoms with E-state index in [9.17, 15) is 18.4 Å². The number of hydrogen-bond acceptors (Lipinski definition) is 4. The molecule has 1 aromatic rings. The van der Waals surface area contributed by atoms with Gasteiger partial charge in [0.05, 0.1) is 25.2 Å². The summed E-state index contributed by atoms with van der Waals surface area (Å²) in [6.45, 7) is 1.97. The second-order valence-electron chi connectivity index (χ2n) is 7.90. The smallest absolute Gasteiger partial charge is 0.249 e. The van der Waals surface area contributed by atoms with Gasteiger partial charge in [0.15, 0.2) is 0 Å². The van der Waals surface area contributed by atoms with Crippen molar-refractivity contribution in [2.75, 3.05) is 19.7 Å². The van der Waals surface area contributed by atoms with Crippen molar-refractivity contribution in [1.82, 2.24) is 10.2 Å². The van der Waals surface area contributed by atoms with E-state index in [1.807, 2.05) is 17.5 Å². The Bertz CT molecular complexity index is 689. The predicted molar refractivity (Wildman–Crippen MR) is 96.4 cm³/mol. The van der Waals surface area contributed by atoms with E-state index in [2.05, 4.69) is 5.32 Å². The van der Waals surface area contributed by atoms with Crippen LogP contribution < -0.4 is 5.32 Å². The van der Waals surface area contributed by atoms with Crippen LogP contribution in [0.5, 0.6) is 0 Å². The van der Waals surface area contributed by atoms with Crippen LogP contribution in [0, 0.1) is 17.8 Å². The highest BCUT2D eigenvalue weighted by molar-refractivity contribution is 7.09. The number of nitrogens with one attached hydrogen (secondary N) is 1. The molecule has 3 aliphatic rings. The number of carbonyl (C=O) groups excluding carboxylic acids is 2. The fourth-order valence-corrected chi connectivity index (χ4v) is 4.98. The van der Waals surface area contributed by atoms with Crippen LogP contribution in [0.3, 0.4) is 0 Å². The van der Waals surface area contributed by atoms with E-state index in [4.69, 9.17) is 4.74 Å². The third kappa shape index (κ3) is 4.16. The lowest BCUT2D eigenvalue weighted by atomic mass is 9.78. The van der Waals surface area contributed by atoms with Gasteiger partial charge in [0, 0.05) is 42.6 Å². The predicted octanol–water partition coefficient (Wildman–Crippen LogP) is 2.66. The molecule has 8 heteroatoms. The summed E-state index contributed by atoms with van der Waals surface area (Å²) >= 11 is 1.60. The average molecular weight is 398 g/mol. The lowest BCUT2D eigenvalue weighted by molar-refractivity contribution is -0.166. The van der Waals surface area contributed by atoms with Crippen LogP contribution in [0.2, 0.25) is 0 Å². The highest BCUT2D eigenvalue weighted by Gasteiger charge is 2.50. The molecule has 3 atom stereocenters. The van der Waals surface area contributed by atoms with Crippen molar-refractivity contribution in [3.8, 4) is 0 Å². The van der Waals surface area contributed by atoms with Crippen LogP contribution in [0.25, 0.3) is 0 Å². The number of thiophene rings is 1. The topological polar surface area (TPSA) is 58.6 Å². The molecule has 2 amide bonds. The maximum absolute atomic E-state index is 13.1. The van der Waals surface area contributed by atoms with Crippen molar-refractivity contribution >= 4 is 23.2 Å². The number of ether oxygens (including phenoxy) is 1. The Kier molecular flexibility index (Phi) is 5.20. The van der Waals surface area contributed by atoms with Crippen molar-refractivity contribution in [3.05, 3.63) is 22.4 Å². The minimum absolute atomic E-state index is 0.0241. The molecule has 1 aromatic heterocycles. The molecule has 0 radical (unpaired) electrons. The highest BCUT2D eigenvalue weighted by Crippen LogP contribution is 2.44. The molecule has 3 heterocycles. The van der Waals surface area contributed by atoms with E-state index >= 15 is 0 Å². The summed E-state index contributed by atoms with van der Waals surface area (Å²) in [7, 11) is 0. The number of amides is 2. The lowest BCUT2D eigenvalue weighted by Crippen LogP contribution is -2.55. The van der Waals surface area contributed by atoms with Crippen molar-refractivity contribution in [1.29, 1.82) is 0 Å². The van der Waals surface area contributed by atoms with E-state index in [1.165, 1.54) is 0 Å². The van der Waals surface area contributed by atoms with E-state index in [0.29, 0.717) is 39.1 Å². The number of carbonyl (C=O) groups is 2. The SMILES string of the molecule is O=C(NCc1cccs1)[C@@H]1CO[C@@H]2CCN(C(=O)C3CC(F)(F)C3)C[C@@H]2C1. The van der Waals surface area contributed by atoms with Gasteiger partial charge in [0.25, 0.3) is 0 Å². The van der Waals surface area contributed by atoms with Crippen LogP contribution in [0.1, 0.15) is 30.6 Å². The minimum Gasteiger partial charge on any atom is -0.377 e. The lowest BCUT2D eigenvalue weighted by Gasteiger charge is -2.45. The molecule has 0 bridgehead atoms. The van der Waals surface area contributed by atoms with E-state index in [0.717, 1.165) is 4.88 Å². The fraction of sp³-hybridized carbons (Fsp3) is 0.684. The fourth-order valence-electron chi connectivity index (χ4n) is 4.34. The second-order valence-corrected chi connectivity index (χ2v) is 8.93. The summed E-state index contributed by atoms with van der Waals surface area (Å²) in [5.41, 5.74) is 0. The molecule has 1 saturated carbocycles. The summed E-state index contributed by atoms with van der Waals surface area (Å²) in [4.78, 5) is 27.7. The number of alkyl halides is 2. The Morgan fingerprint density at radius 3 is 2.85 bits per heavy atom. The third-order valence-electron chi connectivity index (χ3n) is 5.90. The van der Waals surface area contributed by atoms with Gasteiger partial charge in [-0.3, -0.25) is 9.59 Å². The van der Waals surface area contributed by atoms with E-state index in [1.54, 1.807) is 16.2 Å². The maximum Gasteiger partial charge on any atom is 0.249 e. The standard InChI is InChI=1S/C19H24F2N2O3S/c20-19(21)7-14(8-19)18(25)23-4-3-16-12(10-23)6-13(11-26-16)17(24)22-9-15-2-1-5-27-15/h1-2,5,12-14,16H,3-4,6-11H2,(H,22,24)/t12-,13-,16+/m0/s1. The quantitative estimate of drug-likeness (QED) is 0.848. The molecule has 148 valence electrons. The normalized spacial score (nSPS) is 30.3. The summed E-state index contributed by atoms with van der Waals surface area (Å²) in [5, 5.41) is 4.93. The summed E-state index contributed by atoms with van der Waals surface area (Å²) in [5.74, 6) is -3.56. The molecule has 0 aromatic carbocycles. The molecule has 2 saturated heterocycles. The van der Waals surface area contributed by atoms with Gasteiger partial charge in [0.1, 0.15) is 0 Å². The first-order valence-corrected chi connectivity index (χ1v) is 10.4. The van der Waals surface area contributed by atoms with Gasteiger partial charge in [-0.2, -0.15) is 0 Å². The number of nitrogens with zero attached hydrogens (tertiary/aromatic N) is 1. The Morgan fingerprint density at radius 1 is 1.33 bits per heavy atom. The zero-order valence-corrected chi connectivity index (χ0v) is 15.9. The van der Waals surface area contributed by atoms with Gasteiger partial charge >= 0.3 is 0 Å². The van der Waals surface area contributed by atoms with Crippen molar-refractivity contribution in [2.24, 2.45) is 17.8 Å². The van der Waals surface area contributed by atoms with Gasteiger partial charge < -0.3 is 15.0 Å². The Labute approximate surface area is 161 Å². The zero-order chi connectivity index (χ0) is 19.0. The van der Waals surface area contributed by atoms with Gasteiger partial charge in [-0.25, -0.2) is 8.78 Å². The van der Waals surface area contributed by atoms with Crippen LogP contribution >= 0.6 is 11.3 Å². The molecule has 27 heavy (non-hydrogen) atoms. The van der Waals surface area contributed by atoms with Crippen LogP contribution in [-0.2, 0) is 20.9 Å². The molecule has 3 fully saturated rings. The number of halogens is 2. The number of piperidine rings is 1. The first kappa shape index (κ1) is 18.8. The number of hydrogen-bond donors (Lipinski definition) is 1. The molecule has 0 spiro atoms. The maximum atomic E-state index is 13.1. The monoisotopic (exact) mass is 398 g/mol. The highest BCUT2D eigenvalue weighted by atomic mass is 32.1. The Balaban J connectivity index is 1.29. The largest absolute Gasteiger partial charge is 0.377 e. The average Bonchev–Trinajstić information content (AvgIpc) is 3.16. The number of likely N-dealkylation sites (tertiary alicyclic amines) is 1. The van der Waals surface area contributed by atoms with Crippen LogP contribution in [0.4, 0.5) is 8.78 Å². The first-order chi connectivity index (χ1) is 12.9. The van der Waals surface area contributed by atoms with Crippen molar-refractivity contribution < 1.29 is 23.1 Å². The molecular formula is C19H24F2N2O3S. The van der Waals surface area contributed by atoms with E-state index in [-0.39, 0.29) is 42.6 Å². The van der Waals surface area contributed by atoms with E-state index < -0.39 is 11.8 Å². The Morgan fingerprint density at radius 2 is 2.15 bits per heavy atom. The summed E-state index contributed by atoms with van der Waals surface area (Å²) < 4.78 is 32.0.